The van der Waals surface area contributed by atoms with Gasteiger partial charge >= 0.3 is 0 Å². The second kappa shape index (κ2) is 9.62. The van der Waals surface area contributed by atoms with Gasteiger partial charge in [0.1, 0.15) is 0 Å². The van der Waals surface area contributed by atoms with Crippen LogP contribution in [0.4, 0.5) is 0 Å². The number of hydrogen-bond donors (Lipinski definition) is 2. The molecule has 1 saturated heterocycles. The summed E-state index contributed by atoms with van der Waals surface area (Å²) in [5.74, 6) is 0.919. The molecule has 0 radical (unpaired) electrons. The summed E-state index contributed by atoms with van der Waals surface area (Å²) >= 11 is 0. The van der Waals surface area contributed by atoms with Crippen molar-refractivity contribution in [3.8, 4) is 0 Å². The number of piperidine rings is 1. The van der Waals surface area contributed by atoms with E-state index in [2.05, 4.69) is 66.1 Å². The highest BCUT2D eigenvalue weighted by atomic mass is 15.2. The lowest BCUT2D eigenvalue weighted by Crippen LogP contribution is -2.49. The van der Waals surface area contributed by atoms with Gasteiger partial charge in [-0.2, -0.15) is 0 Å². The van der Waals surface area contributed by atoms with Gasteiger partial charge in [0, 0.05) is 39.3 Å². The van der Waals surface area contributed by atoms with E-state index in [-0.39, 0.29) is 0 Å². The summed E-state index contributed by atoms with van der Waals surface area (Å²) in [4.78, 5) is 6.87. The Morgan fingerprint density at radius 1 is 1.20 bits per heavy atom. The summed E-state index contributed by atoms with van der Waals surface area (Å²) in [5.41, 5.74) is 5.29. The Bertz CT molecular complexity index is 578. The Balaban J connectivity index is 1.73. The number of nitrogens with zero attached hydrogens (tertiary/aromatic N) is 2. The number of hydrogen-bond acceptors (Lipinski definition) is 2. The van der Waals surface area contributed by atoms with Gasteiger partial charge in [0.2, 0.25) is 0 Å². The predicted octanol–water partition coefficient (Wildman–Crippen LogP) is 3.05. The molecule has 1 aliphatic heterocycles. The molecule has 4 nitrogen and oxygen atoms in total. The molecule has 0 saturated carbocycles. The first kappa shape index (κ1) is 19.5. The van der Waals surface area contributed by atoms with Crippen molar-refractivity contribution in [3.05, 3.63) is 47.0 Å². The molecule has 0 unspecified atom stereocenters. The Hall–Kier alpha value is -1.81. The molecule has 4 heteroatoms. The van der Waals surface area contributed by atoms with Gasteiger partial charge in [-0.05, 0) is 45.6 Å². The summed E-state index contributed by atoms with van der Waals surface area (Å²) in [6.45, 7) is 14.6. The minimum absolute atomic E-state index is 0.508. The van der Waals surface area contributed by atoms with Gasteiger partial charge in [-0.1, -0.05) is 41.5 Å². The fraction of sp³-hybridized carbons (Fsp3) is 0.571. The van der Waals surface area contributed by atoms with E-state index in [4.69, 9.17) is 0 Å². The van der Waals surface area contributed by atoms with Crippen LogP contribution in [0, 0.1) is 13.8 Å². The molecular formula is C21H34N4. The number of likely N-dealkylation sites (tertiary alicyclic amines) is 1. The number of rotatable bonds is 6. The van der Waals surface area contributed by atoms with E-state index in [1.54, 1.807) is 0 Å². The van der Waals surface area contributed by atoms with Crippen LogP contribution < -0.4 is 10.6 Å². The highest BCUT2D eigenvalue weighted by Gasteiger charge is 2.19. The molecule has 25 heavy (non-hydrogen) atoms. The minimum Gasteiger partial charge on any atom is -0.356 e. The molecule has 1 heterocycles. The lowest BCUT2D eigenvalue weighted by Gasteiger charge is -2.33. The fourth-order valence-corrected chi connectivity index (χ4v) is 3.54. The van der Waals surface area contributed by atoms with Crippen molar-refractivity contribution in [1.82, 2.24) is 15.5 Å². The van der Waals surface area contributed by atoms with Crippen molar-refractivity contribution in [1.29, 1.82) is 0 Å². The summed E-state index contributed by atoms with van der Waals surface area (Å²) in [6.07, 6.45) is 3.33. The Morgan fingerprint density at radius 3 is 2.40 bits per heavy atom. The standard InChI is InChI=1S/C21H34N4/c1-16(2)15-25-10-7-20(8-11-25)24-21(22-5)23-9-6-19-13-17(3)12-18(4)14-19/h12-14,20H,1,6-11,15H2,2-5H3,(H2,22,23,24). The smallest absolute Gasteiger partial charge is 0.191 e. The van der Waals surface area contributed by atoms with Gasteiger partial charge < -0.3 is 10.6 Å². The van der Waals surface area contributed by atoms with Crippen molar-refractivity contribution < 1.29 is 0 Å². The predicted molar refractivity (Wildman–Crippen MR) is 108 cm³/mol. The molecule has 0 atom stereocenters. The van der Waals surface area contributed by atoms with Crippen LogP contribution in [0.25, 0.3) is 0 Å². The third kappa shape index (κ3) is 6.91. The van der Waals surface area contributed by atoms with Crippen LogP contribution in [0.5, 0.6) is 0 Å². The van der Waals surface area contributed by atoms with E-state index in [9.17, 15) is 0 Å². The second-order valence-electron chi connectivity index (χ2n) is 7.40. The number of aryl methyl sites for hydroxylation is 2. The van der Waals surface area contributed by atoms with Crippen LogP contribution in [0.3, 0.4) is 0 Å². The van der Waals surface area contributed by atoms with Gasteiger partial charge in [-0.25, -0.2) is 0 Å². The van der Waals surface area contributed by atoms with Gasteiger partial charge in [-0.15, -0.1) is 0 Å². The quantitative estimate of drug-likeness (QED) is 0.474. The molecule has 1 aliphatic rings. The monoisotopic (exact) mass is 342 g/mol. The topological polar surface area (TPSA) is 39.7 Å². The molecule has 2 N–H and O–H groups in total. The first-order chi connectivity index (χ1) is 12.0. The van der Waals surface area contributed by atoms with Crippen molar-refractivity contribution >= 4 is 5.96 Å². The fourth-order valence-electron chi connectivity index (χ4n) is 3.54. The maximum Gasteiger partial charge on any atom is 0.191 e. The molecule has 2 rings (SSSR count). The van der Waals surface area contributed by atoms with E-state index in [1.807, 2.05) is 7.05 Å². The summed E-state index contributed by atoms with van der Waals surface area (Å²) < 4.78 is 0. The molecule has 0 amide bonds. The summed E-state index contributed by atoms with van der Waals surface area (Å²) in [5, 5.41) is 7.04. The maximum absolute atomic E-state index is 4.38. The van der Waals surface area contributed by atoms with Crippen LogP contribution in [0.15, 0.2) is 35.3 Å². The van der Waals surface area contributed by atoms with Crippen LogP contribution in [0.1, 0.15) is 36.5 Å². The molecule has 1 fully saturated rings. The number of aliphatic imine (C=N–C) groups is 1. The summed E-state index contributed by atoms with van der Waals surface area (Å²) in [7, 11) is 1.85. The van der Waals surface area contributed by atoms with Gasteiger partial charge in [-0.3, -0.25) is 9.89 Å². The van der Waals surface area contributed by atoms with Crippen molar-refractivity contribution in [3.63, 3.8) is 0 Å². The lowest BCUT2D eigenvalue weighted by atomic mass is 10.0. The Kier molecular flexibility index (Phi) is 7.51. The van der Waals surface area contributed by atoms with Crippen LogP contribution >= 0.6 is 0 Å². The average Bonchev–Trinajstić information content (AvgIpc) is 2.54. The molecule has 0 bridgehead atoms. The van der Waals surface area contributed by atoms with E-state index < -0.39 is 0 Å². The molecule has 1 aromatic rings. The minimum atomic E-state index is 0.508. The molecule has 1 aromatic carbocycles. The zero-order valence-electron chi connectivity index (χ0n) is 16.4. The Morgan fingerprint density at radius 2 is 1.84 bits per heavy atom. The number of nitrogens with one attached hydrogen (secondary N) is 2. The van der Waals surface area contributed by atoms with Crippen LogP contribution in [-0.4, -0.2) is 50.1 Å². The highest BCUT2D eigenvalue weighted by molar-refractivity contribution is 5.79. The van der Waals surface area contributed by atoms with Crippen LogP contribution in [0.2, 0.25) is 0 Å². The largest absolute Gasteiger partial charge is 0.356 e. The third-order valence-corrected chi connectivity index (χ3v) is 4.63. The SMILES string of the molecule is C=C(C)CN1CCC(NC(=NC)NCCc2cc(C)cc(C)c2)CC1. The van der Waals surface area contributed by atoms with Crippen molar-refractivity contribution in [2.75, 3.05) is 33.2 Å². The molecule has 0 aliphatic carbocycles. The first-order valence-corrected chi connectivity index (χ1v) is 9.37. The van der Waals surface area contributed by atoms with Gasteiger partial charge in [0.25, 0.3) is 0 Å². The first-order valence-electron chi connectivity index (χ1n) is 9.37. The average molecular weight is 343 g/mol. The number of benzene rings is 1. The lowest BCUT2D eigenvalue weighted by molar-refractivity contribution is 0.221. The van der Waals surface area contributed by atoms with E-state index in [1.165, 1.54) is 22.3 Å². The van der Waals surface area contributed by atoms with E-state index in [0.717, 1.165) is 51.4 Å². The Labute approximate surface area is 153 Å². The normalized spacial score (nSPS) is 16.7. The summed E-state index contributed by atoms with van der Waals surface area (Å²) in [6, 6.07) is 7.26. The highest BCUT2D eigenvalue weighted by Crippen LogP contribution is 2.12. The van der Waals surface area contributed by atoms with E-state index >= 15 is 0 Å². The molecular weight excluding hydrogens is 308 g/mol. The van der Waals surface area contributed by atoms with Crippen molar-refractivity contribution in [2.45, 2.75) is 46.1 Å². The number of guanidine groups is 1. The molecule has 138 valence electrons. The van der Waals surface area contributed by atoms with Crippen LogP contribution in [-0.2, 0) is 6.42 Å². The van der Waals surface area contributed by atoms with Gasteiger partial charge in [0.05, 0.1) is 0 Å². The van der Waals surface area contributed by atoms with Crippen molar-refractivity contribution in [2.24, 2.45) is 4.99 Å². The van der Waals surface area contributed by atoms with Gasteiger partial charge in [0.15, 0.2) is 5.96 Å². The molecule has 0 aromatic heterocycles. The van der Waals surface area contributed by atoms with E-state index in [0.29, 0.717) is 6.04 Å². The third-order valence-electron chi connectivity index (χ3n) is 4.63. The zero-order valence-corrected chi connectivity index (χ0v) is 16.4. The maximum atomic E-state index is 4.38. The second-order valence-corrected chi connectivity index (χ2v) is 7.40. The zero-order chi connectivity index (χ0) is 18.2. The molecule has 0 spiro atoms.